The molecule has 2 aromatic carbocycles. The van der Waals surface area contributed by atoms with Gasteiger partial charge in [0.2, 0.25) is 0 Å². The molecule has 2 N–H and O–H groups in total. The normalized spacial score (nSPS) is 16.0. The number of aryl methyl sites for hydroxylation is 1. The van der Waals surface area contributed by atoms with Crippen LogP contribution in [0, 0.1) is 6.92 Å². The van der Waals surface area contributed by atoms with Crippen molar-refractivity contribution in [1.29, 1.82) is 0 Å². The molecule has 132 valence electrons. The van der Waals surface area contributed by atoms with Gasteiger partial charge in [-0.2, -0.15) is 0 Å². The predicted molar refractivity (Wildman–Crippen MR) is 102 cm³/mol. The van der Waals surface area contributed by atoms with Gasteiger partial charge in [-0.25, -0.2) is 0 Å². The van der Waals surface area contributed by atoms with Gasteiger partial charge in [-0.15, -0.1) is 0 Å². The fourth-order valence-corrected chi connectivity index (χ4v) is 3.23. The molecular formula is C19H15BrN2O4. The zero-order valence-electron chi connectivity index (χ0n) is 14.1. The third-order valence-corrected chi connectivity index (χ3v) is 4.77. The van der Waals surface area contributed by atoms with E-state index in [9.17, 15) is 9.59 Å². The summed E-state index contributed by atoms with van der Waals surface area (Å²) in [5, 5.41) is 6.45. The summed E-state index contributed by atoms with van der Waals surface area (Å²) >= 11 is 3.39. The molecule has 2 heterocycles. The molecule has 2 amide bonds. The first kappa shape index (κ1) is 16.7. The third-order valence-electron chi connectivity index (χ3n) is 4.27. The summed E-state index contributed by atoms with van der Waals surface area (Å²) in [6.07, 6.45) is -0.541. The maximum atomic E-state index is 12.6. The summed E-state index contributed by atoms with van der Waals surface area (Å²) in [5.74, 6) is 0.246. The molecule has 0 bridgehead atoms. The maximum absolute atomic E-state index is 12.6. The van der Waals surface area contributed by atoms with Crippen LogP contribution in [0.3, 0.4) is 0 Å². The largest absolute Gasteiger partial charge is 0.479 e. The van der Waals surface area contributed by atoms with Crippen LogP contribution in [0.15, 0.2) is 45.3 Å². The highest BCUT2D eigenvalue weighted by molar-refractivity contribution is 9.10. The van der Waals surface area contributed by atoms with Gasteiger partial charge < -0.3 is 19.8 Å². The van der Waals surface area contributed by atoms with E-state index >= 15 is 0 Å². The first-order valence-electron chi connectivity index (χ1n) is 8.04. The molecule has 6 nitrogen and oxygen atoms in total. The van der Waals surface area contributed by atoms with E-state index in [2.05, 4.69) is 26.6 Å². The second-order valence-electron chi connectivity index (χ2n) is 6.11. The highest BCUT2D eigenvalue weighted by Crippen LogP contribution is 2.33. The molecule has 1 aliphatic rings. The Morgan fingerprint density at radius 2 is 2.04 bits per heavy atom. The topological polar surface area (TPSA) is 80.6 Å². The zero-order valence-corrected chi connectivity index (χ0v) is 15.6. The number of rotatable bonds is 2. The standard InChI is InChI=1S/C19H15BrN2O4/c1-9-13-5-3-11(20)7-16(13)26-17(9)19(24)21-12-4-6-15-14(8-12)22-18(23)10(2)25-15/h3-8,10H,1-2H3,(H,21,24)(H,22,23). The lowest BCUT2D eigenvalue weighted by atomic mass is 10.1. The number of hydrogen-bond donors (Lipinski definition) is 2. The van der Waals surface area contributed by atoms with Gasteiger partial charge in [-0.05, 0) is 50.2 Å². The van der Waals surface area contributed by atoms with Crippen LogP contribution in [0.5, 0.6) is 5.75 Å². The Bertz CT molecular complexity index is 1060. The van der Waals surface area contributed by atoms with E-state index in [4.69, 9.17) is 9.15 Å². The van der Waals surface area contributed by atoms with Crippen molar-refractivity contribution in [2.24, 2.45) is 0 Å². The average Bonchev–Trinajstić information content (AvgIpc) is 2.92. The van der Waals surface area contributed by atoms with Crippen LogP contribution in [-0.2, 0) is 4.79 Å². The highest BCUT2D eigenvalue weighted by atomic mass is 79.9. The number of ether oxygens (including phenoxy) is 1. The molecule has 26 heavy (non-hydrogen) atoms. The number of fused-ring (bicyclic) bond motifs is 2. The first-order valence-corrected chi connectivity index (χ1v) is 8.83. The molecule has 4 rings (SSSR count). The van der Waals surface area contributed by atoms with Crippen LogP contribution in [0.2, 0.25) is 0 Å². The number of hydrogen-bond acceptors (Lipinski definition) is 4. The quantitative estimate of drug-likeness (QED) is 0.647. The van der Waals surface area contributed by atoms with Gasteiger partial charge in [0.05, 0.1) is 5.69 Å². The van der Waals surface area contributed by atoms with Crippen molar-refractivity contribution >= 4 is 50.1 Å². The number of carbonyl (C=O) groups is 2. The van der Waals surface area contributed by atoms with E-state index < -0.39 is 6.10 Å². The first-order chi connectivity index (χ1) is 12.4. The van der Waals surface area contributed by atoms with E-state index in [1.165, 1.54) is 0 Å². The molecular weight excluding hydrogens is 400 g/mol. The minimum Gasteiger partial charge on any atom is -0.479 e. The van der Waals surface area contributed by atoms with Crippen LogP contribution in [-0.4, -0.2) is 17.9 Å². The van der Waals surface area contributed by atoms with Crippen molar-refractivity contribution in [3.63, 3.8) is 0 Å². The minimum absolute atomic E-state index is 0.223. The third kappa shape index (κ3) is 2.84. The number of amides is 2. The van der Waals surface area contributed by atoms with Crippen LogP contribution in [0.1, 0.15) is 23.0 Å². The van der Waals surface area contributed by atoms with Gasteiger partial charge in [-0.3, -0.25) is 9.59 Å². The van der Waals surface area contributed by atoms with Gasteiger partial charge in [0.15, 0.2) is 11.9 Å². The molecule has 1 unspecified atom stereocenters. The molecule has 0 saturated carbocycles. The van der Waals surface area contributed by atoms with E-state index in [0.717, 1.165) is 15.4 Å². The molecule has 3 aromatic rings. The molecule has 1 aromatic heterocycles. The molecule has 1 atom stereocenters. The fourth-order valence-electron chi connectivity index (χ4n) is 2.89. The Hall–Kier alpha value is -2.80. The zero-order chi connectivity index (χ0) is 18.4. The molecule has 0 spiro atoms. The van der Waals surface area contributed by atoms with Crippen molar-refractivity contribution < 1.29 is 18.7 Å². The van der Waals surface area contributed by atoms with Crippen LogP contribution < -0.4 is 15.4 Å². The summed E-state index contributed by atoms with van der Waals surface area (Å²) in [7, 11) is 0. The Balaban J connectivity index is 1.62. The number of nitrogens with one attached hydrogen (secondary N) is 2. The lowest BCUT2D eigenvalue weighted by Gasteiger charge is -2.23. The van der Waals surface area contributed by atoms with Gasteiger partial charge in [-0.1, -0.05) is 15.9 Å². The van der Waals surface area contributed by atoms with Crippen LogP contribution >= 0.6 is 15.9 Å². The van der Waals surface area contributed by atoms with Crippen LogP contribution in [0.4, 0.5) is 11.4 Å². The van der Waals surface area contributed by atoms with Gasteiger partial charge in [0.25, 0.3) is 11.8 Å². The fraction of sp³-hybridized carbons (Fsp3) is 0.158. The Kier molecular flexibility index (Phi) is 3.96. The summed E-state index contributed by atoms with van der Waals surface area (Å²) in [4.78, 5) is 24.4. The maximum Gasteiger partial charge on any atom is 0.291 e. The summed E-state index contributed by atoms with van der Waals surface area (Å²) < 4.78 is 12.1. The summed E-state index contributed by atoms with van der Waals surface area (Å²) in [5.41, 5.74) is 2.47. The monoisotopic (exact) mass is 414 g/mol. The second-order valence-corrected chi connectivity index (χ2v) is 7.03. The van der Waals surface area contributed by atoms with Crippen molar-refractivity contribution in [3.05, 3.63) is 52.2 Å². The lowest BCUT2D eigenvalue weighted by molar-refractivity contribution is -0.122. The van der Waals surface area contributed by atoms with Gasteiger partial charge in [0.1, 0.15) is 11.3 Å². The van der Waals surface area contributed by atoms with Crippen molar-refractivity contribution in [1.82, 2.24) is 0 Å². The Labute approximate surface area is 157 Å². The summed E-state index contributed by atoms with van der Waals surface area (Å²) in [6, 6.07) is 10.7. The highest BCUT2D eigenvalue weighted by Gasteiger charge is 2.24. The van der Waals surface area contributed by atoms with Gasteiger partial charge in [0, 0.05) is 21.1 Å². The van der Waals surface area contributed by atoms with E-state index in [1.807, 2.05) is 25.1 Å². The van der Waals surface area contributed by atoms with Gasteiger partial charge >= 0.3 is 0 Å². The average molecular weight is 415 g/mol. The molecule has 0 saturated heterocycles. The number of carbonyl (C=O) groups excluding carboxylic acids is 2. The second kappa shape index (κ2) is 6.17. The summed E-state index contributed by atoms with van der Waals surface area (Å²) in [6.45, 7) is 3.52. The number of furan rings is 1. The Morgan fingerprint density at radius 1 is 1.23 bits per heavy atom. The number of benzene rings is 2. The van der Waals surface area contributed by atoms with E-state index in [-0.39, 0.29) is 17.6 Å². The van der Waals surface area contributed by atoms with Crippen molar-refractivity contribution in [2.75, 3.05) is 10.6 Å². The smallest absolute Gasteiger partial charge is 0.291 e. The lowest BCUT2D eigenvalue weighted by Crippen LogP contribution is -2.34. The number of anilines is 2. The van der Waals surface area contributed by atoms with E-state index in [0.29, 0.717) is 22.7 Å². The Morgan fingerprint density at radius 3 is 2.85 bits per heavy atom. The van der Waals surface area contributed by atoms with E-state index in [1.54, 1.807) is 25.1 Å². The van der Waals surface area contributed by atoms with Crippen LogP contribution in [0.25, 0.3) is 11.0 Å². The molecule has 7 heteroatoms. The van der Waals surface area contributed by atoms with Crippen molar-refractivity contribution in [3.8, 4) is 5.75 Å². The predicted octanol–water partition coefficient (Wildman–Crippen LogP) is 4.48. The van der Waals surface area contributed by atoms with Crippen molar-refractivity contribution in [2.45, 2.75) is 20.0 Å². The minimum atomic E-state index is -0.541. The SMILES string of the molecule is Cc1c(C(=O)Nc2ccc3c(c2)NC(=O)C(C)O3)oc2cc(Br)ccc12. The molecule has 1 aliphatic heterocycles. The molecule has 0 fully saturated rings. The number of halogens is 1. The molecule has 0 radical (unpaired) electrons. The molecule has 0 aliphatic carbocycles.